The summed E-state index contributed by atoms with van der Waals surface area (Å²) in [7, 11) is 0. The minimum atomic E-state index is 0.580. The third-order valence-electron chi connectivity index (χ3n) is 3.34. The molecule has 1 atom stereocenters. The van der Waals surface area contributed by atoms with Gasteiger partial charge in [-0.2, -0.15) is 0 Å². The van der Waals surface area contributed by atoms with E-state index in [0.717, 1.165) is 25.3 Å². The van der Waals surface area contributed by atoms with Gasteiger partial charge in [0, 0.05) is 31.9 Å². The number of anilines is 1. The van der Waals surface area contributed by atoms with Crippen LogP contribution in [0.2, 0.25) is 0 Å². The molecule has 1 aliphatic heterocycles. The van der Waals surface area contributed by atoms with E-state index in [0.29, 0.717) is 12.0 Å². The zero-order valence-corrected chi connectivity index (χ0v) is 10.4. The number of nitrogens with one attached hydrogen (secondary N) is 1. The second-order valence-electron chi connectivity index (χ2n) is 4.82. The zero-order valence-electron chi connectivity index (χ0n) is 10.4. The van der Waals surface area contributed by atoms with Gasteiger partial charge in [-0.15, -0.1) is 0 Å². The van der Waals surface area contributed by atoms with Crippen LogP contribution in [-0.2, 0) is 0 Å². The molecule has 16 heavy (non-hydrogen) atoms. The lowest BCUT2D eigenvalue weighted by atomic mass is 9.99. The average molecular weight is 219 g/mol. The molecule has 88 valence electrons. The summed E-state index contributed by atoms with van der Waals surface area (Å²) >= 11 is 0. The SMILES string of the molecule is Cc1ncccc1N1CCNCC1C(C)C. The first-order valence-electron chi connectivity index (χ1n) is 6.09. The number of nitrogens with zero attached hydrogens (tertiary/aromatic N) is 2. The second-order valence-corrected chi connectivity index (χ2v) is 4.82. The van der Waals surface area contributed by atoms with Gasteiger partial charge in [-0.3, -0.25) is 4.98 Å². The van der Waals surface area contributed by atoms with Gasteiger partial charge in [0.15, 0.2) is 0 Å². The van der Waals surface area contributed by atoms with Gasteiger partial charge >= 0.3 is 0 Å². The molecule has 0 bridgehead atoms. The number of aryl methyl sites for hydroxylation is 1. The maximum Gasteiger partial charge on any atom is 0.0605 e. The Morgan fingerprint density at radius 1 is 1.50 bits per heavy atom. The van der Waals surface area contributed by atoms with Crippen molar-refractivity contribution in [2.75, 3.05) is 24.5 Å². The minimum absolute atomic E-state index is 0.580. The Morgan fingerprint density at radius 3 is 3.00 bits per heavy atom. The summed E-state index contributed by atoms with van der Waals surface area (Å²) in [4.78, 5) is 6.89. The van der Waals surface area contributed by atoms with Crippen molar-refractivity contribution >= 4 is 5.69 Å². The molecule has 1 aliphatic rings. The van der Waals surface area contributed by atoms with E-state index < -0.39 is 0 Å². The fraction of sp³-hybridized carbons (Fsp3) is 0.615. The molecule has 3 nitrogen and oxygen atoms in total. The fourth-order valence-corrected chi connectivity index (χ4v) is 2.40. The Bertz CT molecular complexity index is 349. The molecular formula is C13H21N3. The molecule has 3 heteroatoms. The van der Waals surface area contributed by atoms with E-state index in [2.05, 4.69) is 42.0 Å². The molecule has 2 rings (SSSR count). The smallest absolute Gasteiger partial charge is 0.0605 e. The Labute approximate surface area is 97.9 Å². The van der Waals surface area contributed by atoms with Gasteiger partial charge in [-0.25, -0.2) is 0 Å². The molecule has 1 fully saturated rings. The highest BCUT2D eigenvalue weighted by Crippen LogP contribution is 2.24. The fourth-order valence-electron chi connectivity index (χ4n) is 2.40. The lowest BCUT2D eigenvalue weighted by molar-refractivity contribution is 0.390. The van der Waals surface area contributed by atoms with Crippen molar-refractivity contribution < 1.29 is 0 Å². The summed E-state index contributed by atoms with van der Waals surface area (Å²) in [5, 5.41) is 3.47. The first-order chi connectivity index (χ1) is 7.70. The van der Waals surface area contributed by atoms with Crippen LogP contribution in [0.4, 0.5) is 5.69 Å². The summed E-state index contributed by atoms with van der Waals surface area (Å²) in [5.74, 6) is 0.660. The lowest BCUT2D eigenvalue weighted by Gasteiger charge is -2.40. The summed E-state index contributed by atoms with van der Waals surface area (Å²) < 4.78 is 0. The predicted molar refractivity (Wildman–Crippen MR) is 67.8 cm³/mol. The van der Waals surface area contributed by atoms with Crippen LogP contribution in [0.5, 0.6) is 0 Å². The normalized spacial score (nSPS) is 21.5. The van der Waals surface area contributed by atoms with Gasteiger partial charge < -0.3 is 10.2 Å². The largest absolute Gasteiger partial charge is 0.364 e. The summed E-state index contributed by atoms with van der Waals surface area (Å²) in [5.41, 5.74) is 2.43. The van der Waals surface area contributed by atoms with Crippen molar-refractivity contribution in [3.8, 4) is 0 Å². The van der Waals surface area contributed by atoms with E-state index in [1.165, 1.54) is 5.69 Å². The monoisotopic (exact) mass is 219 g/mol. The van der Waals surface area contributed by atoms with Crippen LogP contribution in [0.3, 0.4) is 0 Å². The number of rotatable bonds is 2. The van der Waals surface area contributed by atoms with Crippen molar-refractivity contribution in [2.45, 2.75) is 26.8 Å². The average Bonchev–Trinajstić information content (AvgIpc) is 2.29. The van der Waals surface area contributed by atoms with Gasteiger partial charge in [-0.1, -0.05) is 13.8 Å². The number of piperazine rings is 1. The van der Waals surface area contributed by atoms with Crippen LogP contribution < -0.4 is 10.2 Å². The van der Waals surface area contributed by atoms with E-state index in [1.807, 2.05) is 12.3 Å². The first kappa shape index (κ1) is 11.4. The van der Waals surface area contributed by atoms with Gasteiger partial charge in [0.1, 0.15) is 0 Å². The van der Waals surface area contributed by atoms with Crippen LogP contribution in [0.15, 0.2) is 18.3 Å². The number of pyridine rings is 1. The van der Waals surface area contributed by atoms with E-state index in [4.69, 9.17) is 0 Å². The molecule has 0 spiro atoms. The molecule has 1 N–H and O–H groups in total. The van der Waals surface area contributed by atoms with Crippen LogP contribution in [0.25, 0.3) is 0 Å². The van der Waals surface area contributed by atoms with Crippen LogP contribution in [-0.4, -0.2) is 30.7 Å². The van der Waals surface area contributed by atoms with E-state index >= 15 is 0 Å². The second kappa shape index (κ2) is 4.83. The molecule has 0 aliphatic carbocycles. The third-order valence-corrected chi connectivity index (χ3v) is 3.34. The summed E-state index contributed by atoms with van der Waals surface area (Å²) in [6, 6.07) is 4.79. The van der Waals surface area contributed by atoms with Crippen LogP contribution in [0, 0.1) is 12.8 Å². The molecular weight excluding hydrogens is 198 g/mol. The molecule has 0 amide bonds. The van der Waals surface area contributed by atoms with Crippen molar-refractivity contribution in [3.05, 3.63) is 24.0 Å². The molecule has 1 saturated heterocycles. The standard InChI is InChI=1S/C13H21N3/c1-10(2)13-9-14-7-8-16(13)12-5-4-6-15-11(12)3/h4-6,10,13-14H,7-9H2,1-3H3. The van der Waals surface area contributed by atoms with Crippen LogP contribution in [0.1, 0.15) is 19.5 Å². The zero-order chi connectivity index (χ0) is 11.5. The van der Waals surface area contributed by atoms with Crippen molar-refractivity contribution in [1.82, 2.24) is 10.3 Å². The number of hydrogen-bond acceptors (Lipinski definition) is 3. The van der Waals surface area contributed by atoms with Gasteiger partial charge in [0.25, 0.3) is 0 Å². The van der Waals surface area contributed by atoms with Gasteiger partial charge in [-0.05, 0) is 25.0 Å². The molecule has 2 heterocycles. The van der Waals surface area contributed by atoms with E-state index in [-0.39, 0.29) is 0 Å². The third kappa shape index (κ3) is 2.19. The Kier molecular flexibility index (Phi) is 3.44. The van der Waals surface area contributed by atoms with Gasteiger partial charge in [0.05, 0.1) is 11.4 Å². The maximum atomic E-state index is 4.39. The first-order valence-corrected chi connectivity index (χ1v) is 6.09. The quantitative estimate of drug-likeness (QED) is 0.822. The molecule has 1 unspecified atom stereocenters. The molecule has 1 aromatic rings. The highest BCUT2D eigenvalue weighted by atomic mass is 15.2. The molecule has 0 aromatic carbocycles. The molecule has 0 saturated carbocycles. The predicted octanol–water partition coefficient (Wildman–Crippen LogP) is 1.82. The van der Waals surface area contributed by atoms with Gasteiger partial charge in [0.2, 0.25) is 0 Å². The number of hydrogen-bond donors (Lipinski definition) is 1. The lowest BCUT2D eigenvalue weighted by Crippen LogP contribution is -2.54. The van der Waals surface area contributed by atoms with Crippen LogP contribution >= 0.6 is 0 Å². The van der Waals surface area contributed by atoms with Crippen molar-refractivity contribution in [1.29, 1.82) is 0 Å². The Morgan fingerprint density at radius 2 is 2.31 bits per heavy atom. The summed E-state index contributed by atoms with van der Waals surface area (Å²) in [6.45, 7) is 9.89. The topological polar surface area (TPSA) is 28.2 Å². The summed E-state index contributed by atoms with van der Waals surface area (Å²) in [6.07, 6.45) is 1.87. The Hall–Kier alpha value is -1.09. The molecule has 1 aromatic heterocycles. The van der Waals surface area contributed by atoms with Crippen molar-refractivity contribution in [2.24, 2.45) is 5.92 Å². The minimum Gasteiger partial charge on any atom is -0.364 e. The van der Waals surface area contributed by atoms with Crippen molar-refractivity contribution in [3.63, 3.8) is 0 Å². The Balaban J connectivity index is 2.27. The maximum absolute atomic E-state index is 4.39. The molecule has 0 radical (unpaired) electrons. The highest BCUT2D eigenvalue weighted by molar-refractivity contribution is 5.51. The highest BCUT2D eigenvalue weighted by Gasteiger charge is 2.25. The van der Waals surface area contributed by atoms with E-state index in [9.17, 15) is 0 Å². The van der Waals surface area contributed by atoms with E-state index in [1.54, 1.807) is 0 Å². The number of aromatic nitrogens is 1.